The molecule has 0 saturated carbocycles. The average molecular weight is 374 g/mol. The zero-order valence-electron chi connectivity index (χ0n) is 16.1. The molecule has 0 amide bonds. The minimum absolute atomic E-state index is 0.617. The van der Waals surface area contributed by atoms with Crippen molar-refractivity contribution in [2.45, 2.75) is 20.4 Å². The lowest BCUT2D eigenvalue weighted by Gasteiger charge is -2.09. The number of methoxy groups -OCH3 is 1. The summed E-state index contributed by atoms with van der Waals surface area (Å²) < 4.78 is 13.3. The van der Waals surface area contributed by atoms with Crippen LogP contribution in [0.15, 0.2) is 54.7 Å². The van der Waals surface area contributed by atoms with E-state index >= 15 is 0 Å². The molecular formula is C22H22N4O2. The van der Waals surface area contributed by atoms with Crippen LogP contribution in [0.1, 0.15) is 16.8 Å². The molecule has 6 heteroatoms. The molecular weight excluding hydrogens is 352 g/mol. The van der Waals surface area contributed by atoms with Gasteiger partial charge in [-0.3, -0.25) is 0 Å². The highest BCUT2D eigenvalue weighted by Crippen LogP contribution is 2.32. The zero-order chi connectivity index (χ0) is 19.7. The number of rotatable bonds is 5. The van der Waals surface area contributed by atoms with Crippen molar-refractivity contribution < 1.29 is 9.47 Å². The van der Waals surface area contributed by atoms with Crippen LogP contribution in [0.5, 0.6) is 17.2 Å². The summed E-state index contributed by atoms with van der Waals surface area (Å²) >= 11 is 0. The summed E-state index contributed by atoms with van der Waals surface area (Å²) in [6.45, 7) is 4.55. The molecule has 2 heterocycles. The average Bonchev–Trinajstić information content (AvgIpc) is 3.02. The first-order valence-corrected chi connectivity index (χ1v) is 9.04. The maximum Gasteiger partial charge on any atom is 0.162 e. The molecule has 142 valence electrons. The molecule has 0 spiro atoms. The third-order valence-corrected chi connectivity index (χ3v) is 4.73. The van der Waals surface area contributed by atoms with E-state index in [-0.39, 0.29) is 0 Å². The highest BCUT2D eigenvalue weighted by atomic mass is 16.5. The molecule has 2 aromatic carbocycles. The van der Waals surface area contributed by atoms with Crippen molar-refractivity contribution in [2.24, 2.45) is 0 Å². The Hall–Kier alpha value is -3.54. The second-order valence-corrected chi connectivity index (χ2v) is 6.72. The van der Waals surface area contributed by atoms with Gasteiger partial charge in [-0.1, -0.05) is 12.1 Å². The zero-order valence-corrected chi connectivity index (χ0v) is 16.1. The van der Waals surface area contributed by atoms with E-state index in [2.05, 4.69) is 10.1 Å². The Bertz CT molecular complexity index is 1130. The van der Waals surface area contributed by atoms with E-state index in [1.54, 1.807) is 13.3 Å². The van der Waals surface area contributed by atoms with Gasteiger partial charge in [-0.05, 0) is 61.4 Å². The van der Waals surface area contributed by atoms with Gasteiger partial charge in [-0.25, -0.2) is 9.67 Å². The van der Waals surface area contributed by atoms with Crippen LogP contribution in [0.4, 0.5) is 5.69 Å². The Balaban J connectivity index is 1.69. The molecule has 0 unspecified atom stereocenters. The summed E-state index contributed by atoms with van der Waals surface area (Å²) in [4.78, 5) is 4.54. The van der Waals surface area contributed by atoms with E-state index in [1.165, 1.54) is 0 Å². The molecule has 2 aromatic heterocycles. The van der Waals surface area contributed by atoms with Crippen molar-refractivity contribution in [1.82, 2.24) is 14.8 Å². The molecule has 0 aliphatic carbocycles. The molecule has 2 N–H and O–H groups in total. The highest BCUT2D eigenvalue weighted by molar-refractivity contribution is 5.85. The number of fused-ring (bicyclic) bond motifs is 1. The van der Waals surface area contributed by atoms with Gasteiger partial charge in [0.15, 0.2) is 5.65 Å². The molecule has 4 aromatic rings. The van der Waals surface area contributed by atoms with Crippen molar-refractivity contribution in [3.05, 3.63) is 71.5 Å². The van der Waals surface area contributed by atoms with Crippen molar-refractivity contribution >= 4 is 16.7 Å². The third kappa shape index (κ3) is 3.36. The number of nitrogen functional groups attached to an aromatic ring is 1. The molecule has 28 heavy (non-hydrogen) atoms. The molecule has 6 nitrogen and oxygen atoms in total. The number of hydrogen-bond donors (Lipinski definition) is 1. The largest absolute Gasteiger partial charge is 0.497 e. The maximum atomic E-state index is 6.14. The number of aromatic nitrogens is 3. The topological polar surface area (TPSA) is 75.2 Å². The van der Waals surface area contributed by atoms with Crippen LogP contribution >= 0.6 is 0 Å². The van der Waals surface area contributed by atoms with E-state index in [1.807, 2.05) is 67.1 Å². The second-order valence-electron chi connectivity index (χ2n) is 6.72. The van der Waals surface area contributed by atoms with Gasteiger partial charge in [-0.15, -0.1) is 0 Å². The monoisotopic (exact) mass is 374 g/mol. The Kier molecular flexibility index (Phi) is 4.61. The standard InChI is InChI=1S/C22H22N4O2/c1-14-12-18(8-9-19(14)23)28-20-10-11-24-22-21(20)15(2)25-26(22)13-16-4-6-17(27-3)7-5-16/h4-12H,13,23H2,1-3H3. The number of ether oxygens (including phenoxy) is 2. The quantitative estimate of drug-likeness (QED) is 0.521. The number of benzene rings is 2. The van der Waals surface area contributed by atoms with E-state index in [0.29, 0.717) is 6.54 Å². The summed E-state index contributed by atoms with van der Waals surface area (Å²) in [6, 6.07) is 15.4. The molecule has 0 atom stereocenters. The number of nitrogens with two attached hydrogens (primary N) is 1. The van der Waals surface area contributed by atoms with Crippen LogP contribution in [-0.4, -0.2) is 21.9 Å². The fourth-order valence-electron chi connectivity index (χ4n) is 3.19. The first kappa shape index (κ1) is 17.9. The first-order chi connectivity index (χ1) is 13.5. The Morgan fingerprint density at radius 1 is 1.00 bits per heavy atom. The Morgan fingerprint density at radius 3 is 2.46 bits per heavy atom. The lowest BCUT2D eigenvalue weighted by atomic mass is 10.2. The molecule has 0 radical (unpaired) electrons. The minimum atomic E-state index is 0.617. The fourth-order valence-corrected chi connectivity index (χ4v) is 3.19. The SMILES string of the molecule is COc1ccc(Cn2nc(C)c3c(Oc4ccc(N)c(C)c4)ccnc32)cc1. The molecule has 0 saturated heterocycles. The van der Waals surface area contributed by atoms with E-state index in [9.17, 15) is 0 Å². The smallest absolute Gasteiger partial charge is 0.162 e. The second kappa shape index (κ2) is 7.23. The number of nitrogens with zero attached hydrogens (tertiary/aromatic N) is 3. The van der Waals surface area contributed by atoms with Gasteiger partial charge < -0.3 is 15.2 Å². The molecule has 0 fully saturated rings. The summed E-state index contributed by atoms with van der Waals surface area (Å²) in [7, 11) is 1.66. The predicted molar refractivity (Wildman–Crippen MR) is 110 cm³/mol. The summed E-state index contributed by atoms with van der Waals surface area (Å²) in [5.41, 5.74) is 10.4. The third-order valence-electron chi connectivity index (χ3n) is 4.73. The number of aryl methyl sites for hydroxylation is 2. The molecule has 4 rings (SSSR count). The van der Waals surface area contributed by atoms with Crippen molar-refractivity contribution in [2.75, 3.05) is 12.8 Å². The van der Waals surface area contributed by atoms with Gasteiger partial charge >= 0.3 is 0 Å². The van der Waals surface area contributed by atoms with E-state index < -0.39 is 0 Å². The summed E-state index contributed by atoms with van der Waals surface area (Å²) in [5, 5.41) is 5.59. The van der Waals surface area contributed by atoms with Crippen LogP contribution < -0.4 is 15.2 Å². The van der Waals surface area contributed by atoms with Crippen molar-refractivity contribution in [3.8, 4) is 17.2 Å². The van der Waals surface area contributed by atoms with Crippen LogP contribution in [0.2, 0.25) is 0 Å². The summed E-state index contributed by atoms with van der Waals surface area (Å²) in [5.74, 6) is 2.30. The highest BCUT2D eigenvalue weighted by Gasteiger charge is 2.15. The molecule has 0 aliphatic rings. The molecule has 0 aliphatic heterocycles. The fraction of sp³-hybridized carbons (Fsp3) is 0.182. The van der Waals surface area contributed by atoms with Gasteiger partial charge in [0, 0.05) is 11.9 Å². The maximum absolute atomic E-state index is 6.14. The van der Waals surface area contributed by atoms with E-state index in [4.69, 9.17) is 15.2 Å². The molecule has 0 bridgehead atoms. The summed E-state index contributed by atoms with van der Waals surface area (Å²) in [6.07, 6.45) is 1.74. The lowest BCUT2D eigenvalue weighted by molar-refractivity contribution is 0.414. The van der Waals surface area contributed by atoms with Crippen LogP contribution in [0.25, 0.3) is 11.0 Å². The number of hydrogen-bond acceptors (Lipinski definition) is 5. The van der Waals surface area contributed by atoms with Crippen molar-refractivity contribution in [3.63, 3.8) is 0 Å². The Labute approximate surface area is 163 Å². The Morgan fingerprint density at radius 2 is 1.75 bits per heavy atom. The normalized spacial score (nSPS) is 11.0. The lowest BCUT2D eigenvalue weighted by Crippen LogP contribution is -2.02. The first-order valence-electron chi connectivity index (χ1n) is 9.04. The van der Waals surface area contributed by atoms with Gasteiger partial charge in [0.2, 0.25) is 0 Å². The number of pyridine rings is 1. The predicted octanol–water partition coefficient (Wildman–Crippen LogP) is 4.48. The van der Waals surface area contributed by atoms with Crippen molar-refractivity contribution in [1.29, 1.82) is 0 Å². The van der Waals surface area contributed by atoms with Gasteiger partial charge in [-0.2, -0.15) is 5.10 Å². The van der Waals surface area contributed by atoms with Crippen LogP contribution in [-0.2, 0) is 6.54 Å². The van der Waals surface area contributed by atoms with Gasteiger partial charge in [0.1, 0.15) is 17.2 Å². The van der Waals surface area contributed by atoms with Crippen LogP contribution in [0, 0.1) is 13.8 Å². The van der Waals surface area contributed by atoms with Crippen LogP contribution in [0.3, 0.4) is 0 Å². The number of anilines is 1. The van der Waals surface area contributed by atoms with Gasteiger partial charge in [0.25, 0.3) is 0 Å². The minimum Gasteiger partial charge on any atom is -0.497 e. The van der Waals surface area contributed by atoms with Gasteiger partial charge in [0.05, 0.1) is 24.7 Å². The van der Waals surface area contributed by atoms with E-state index in [0.717, 1.165) is 50.8 Å².